The van der Waals surface area contributed by atoms with Gasteiger partial charge in [-0.1, -0.05) is 27.7 Å². The van der Waals surface area contributed by atoms with Gasteiger partial charge in [0.25, 0.3) is 0 Å². The van der Waals surface area contributed by atoms with E-state index in [2.05, 4.69) is 39.1 Å². The van der Waals surface area contributed by atoms with E-state index >= 15 is 0 Å². The summed E-state index contributed by atoms with van der Waals surface area (Å²) in [5.41, 5.74) is 0.206. The minimum atomic E-state index is 0.206. The maximum Gasteiger partial charge on any atom is 0.133 e. The van der Waals surface area contributed by atoms with E-state index < -0.39 is 0 Å². The van der Waals surface area contributed by atoms with Gasteiger partial charge < -0.3 is 4.74 Å². The summed E-state index contributed by atoms with van der Waals surface area (Å²) in [5.74, 6) is 1.07. The van der Waals surface area contributed by atoms with Crippen LogP contribution in [0.5, 0.6) is 5.75 Å². The highest BCUT2D eigenvalue weighted by molar-refractivity contribution is 7.10. The minimum absolute atomic E-state index is 0.206. The van der Waals surface area contributed by atoms with Crippen molar-refractivity contribution >= 4 is 11.3 Å². The van der Waals surface area contributed by atoms with Gasteiger partial charge in [-0.05, 0) is 23.3 Å². The molecule has 1 aromatic heterocycles. The molecule has 0 aliphatic rings. The van der Waals surface area contributed by atoms with Crippen LogP contribution in [0.4, 0.5) is 0 Å². The fourth-order valence-corrected chi connectivity index (χ4v) is 2.09. The molecule has 1 aromatic rings. The van der Waals surface area contributed by atoms with Crippen LogP contribution in [0.15, 0.2) is 11.4 Å². The molecule has 2 heteroatoms. The SMILES string of the molecule is CCCOc1ccsc1C(C)(C)C. The van der Waals surface area contributed by atoms with Gasteiger partial charge in [-0.25, -0.2) is 0 Å². The lowest BCUT2D eigenvalue weighted by Crippen LogP contribution is -2.10. The molecule has 0 saturated heterocycles. The van der Waals surface area contributed by atoms with E-state index in [0.717, 1.165) is 18.8 Å². The van der Waals surface area contributed by atoms with Crippen LogP contribution in [-0.2, 0) is 5.41 Å². The van der Waals surface area contributed by atoms with E-state index in [9.17, 15) is 0 Å². The molecule has 1 heterocycles. The van der Waals surface area contributed by atoms with Gasteiger partial charge in [0.1, 0.15) is 5.75 Å². The number of ether oxygens (including phenoxy) is 1. The number of rotatable bonds is 3. The van der Waals surface area contributed by atoms with Crippen LogP contribution in [0.3, 0.4) is 0 Å². The molecule has 0 saturated carbocycles. The zero-order valence-electron chi connectivity index (χ0n) is 8.89. The highest BCUT2D eigenvalue weighted by atomic mass is 32.1. The molecule has 0 bridgehead atoms. The Labute approximate surface area is 84.7 Å². The standard InChI is InChI=1S/C11H18OS/c1-5-7-12-9-6-8-13-10(9)11(2,3)4/h6,8H,5,7H2,1-4H3. The molecule has 0 N–H and O–H groups in total. The van der Waals surface area contributed by atoms with Crippen molar-refractivity contribution in [3.05, 3.63) is 16.3 Å². The van der Waals surface area contributed by atoms with E-state index in [-0.39, 0.29) is 5.41 Å². The first-order valence-electron chi connectivity index (χ1n) is 4.76. The Hall–Kier alpha value is -0.500. The van der Waals surface area contributed by atoms with Gasteiger partial charge in [-0.2, -0.15) is 0 Å². The molecule has 13 heavy (non-hydrogen) atoms. The Balaban J connectivity index is 2.77. The van der Waals surface area contributed by atoms with Gasteiger partial charge >= 0.3 is 0 Å². The van der Waals surface area contributed by atoms with Gasteiger partial charge in [0, 0.05) is 0 Å². The third kappa shape index (κ3) is 2.73. The van der Waals surface area contributed by atoms with Crippen molar-refractivity contribution in [2.24, 2.45) is 0 Å². The lowest BCUT2D eigenvalue weighted by Gasteiger charge is -2.18. The van der Waals surface area contributed by atoms with Gasteiger partial charge in [0.2, 0.25) is 0 Å². The molecule has 0 atom stereocenters. The molecule has 0 amide bonds. The van der Waals surface area contributed by atoms with Crippen molar-refractivity contribution in [1.29, 1.82) is 0 Å². The number of hydrogen-bond acceptors (Lipinski definition) is 2. The zero-order chi connectivity index (χ0) is 9.90. The number of thiophene rings is 1. The lowest BCUT2D eigenvalue weighted by molar-refractivity contribution is 0.311. The smallest absolute Gasteiger partial charge is 0.133 e. The average Bonchev–Trinajstić information content (AvgIpc) is 2.47. The van der Waals surface area contributed by atoms with E-state index in [1.807, 2.05) is 0 Å². The normalized spacial score (nSPS) is 11.7. The summed E-state index contributed by atoms with van der Waals surface area (Å²) < 4.78 is 5.66. The van der Waals surface area contributed by atoms with E-state index in [1.165, 1.54) is 4.88 Å². The largest absolute Gasteiger partial charge is 0.492 e. The minimum Gasteiger partial charge on any atom is -0.492 e. The Morgan fingerprint density at radius 1 is 1.38 bits per heavy atom. The molecule has 0 spiro atoms. The van der Waals surface area contributed by atoms with Gasteiger partial charge in [-0.15, -0.1) is 11.3 Å². The summed E-state index contributed by atoms with van der Waals surface area (Å²) in [6.07, 6.45) is 1.07. The maximum absolute atomic E-state index is 5.66. The fraction of sp³-hybridized carbons (Fsp3) is 0.636. The summed E-state index contributed by atoms with van der Waals surface area (Å²) in [4.78, 5) is 1.35. The second kappa shape index (κ2) is 4.14. The van der Waals surface area contributed by atoms with Crippen molar-refractivity contribution in [3.63, 3.8) is 0 Å². The Bertz CT molecular complexity index is 257. The summed E-state index contributed by atoms with van der Waals surface area (Å²) in [6.45, 7) is 9.61. The second-order valence-corrected chi connectivity index (χ2v) is 5.13. The highest BCUT2D eigenvalue weighted by Crippen LogP contribution is 2.35. The van der Waals surface area contributed by atoms with Crippen LogP contribution in [0, 0.1) is 0 Å². The molecule has 0 fully saturated rings. The van der Waals surface area contributed by atoms with E-state index in [1.54, 1.807) is 11.3 Å². The Kier molecular flexibility index (Phi) is 3.37. The quantitative estimate of drug-likeness (QED) is 0.717. The molecule has 0 aliphatic heterocycles. The van der Waals surface area contributed by atoms with Crippen LogP contribution >= 0.6 is 11.3 Å². The summed E-state index contributed by atoms with van der Waals surface area (Å²) in [5, 5.41) is 2.10. The maximum atomic E-state index is 5.66. The van der Waals surface area contributed by atoms with Gasteiger partial charge in [0.05, 0.1) is 11.5 Å². The summed E-state index contributed by atoms with van der Waals surface area (Å²) in [6, 6.07) is 2.07. The third-order valence-electron chi connectivity index (χ3n) is 1.77. The first kappa shape index (κ1) is 10.6. The zero-order valence-corrected chi connectivity index (χ0v) is 9.70. The highest BCUT2D eigenvalue weighted by Gasteiger charge is 2.20. The Morgan fingerprint density at radius 3 is 2.62 bits per heavy atom. The van der Waals surface area contributed by atoms with Gasteiger partial charge in [0.15, 0.2) is 0 Å². The molecule has 1 rings (SSSR count). The fourth-order valence-electron chi connectivity index (χ4n) is 1.17. The first-order chi connectivity index (χ1) is 6.05. The van der Waals surface area contributed by atoms with Crippen LogP contribution in [0.2, 0.25) is 0 Å². The van der Waals surface area contributed by atoms with Crippen LogP contribution in [0.25, 0.3) is 0 Å². The molecule has 74 valence electrons. The average molecular weight is 198 g/mol. The van der Waals surface area contributed by atoms with E-state index in [4.69, 9.17) is 4.74 Å². The van der Waals surface area contributed by atoms with E-state index in [0.29, 0.717) is 0 Å². The van der Waals surface area contributed by atoms with Crippen molar-refractivity contribution in [2.45, 2.75) is 39.5 Å². The van der Waals surface area contributed by atoms with Crippen molar-refractivity contribution in [3.8, 4) is 5.75 Å². The topological polar surface area (TPSA) is 9.23 Å². The Morgan fingerprint density at radius 2 is 2.08 bits per heavy atom. The first-order valence-corrected chi connectivity index (χ1v) is 5.64. The summed E-state index contributed by atoms with van der Waals surface area (Å²) >= 11 is 1.78. The molecular weight excluding hydrogens is 180 g/mol. The molecular formula is C11H18OS. The molecule has 1 nitrogen and oxygen atoms in total. The monoisotopic (exact) mass is 198 g/mol. The molecule has 0 aliphatic carbocycles. The predicted octanol–water partition coefficient (Wildman–Crippen LogP) is 3.83. The van der Waals surface area contributed by atoms with Crippen LogP contribution < -0.4 is 4.74 Å². The van der Waals surface area contributed by atoms with Crippen LogP contribution in [-0.4, -0.2) is 6.61 Å². The lowest BCUT2D eigenvalue weighted by atomic mass is 9.94. The predicted molar refractivity (Wildman–Crippen MR) is 58.8 cm³/mol. The van der Waals surface area contributed by atoms with Gasteiger partial charge in [-0.3, -0.25) is 0 Å². The molecule has 0 aromatic carbocycles. The van der Waals surface area contributed by atoms with Crippen LogP contribution in [0.1, 0.15) is 39.0 Å². The second-order valence-electron chi connectivity index (χ2n) is 4.21. The summed E-state index contributed by atoms with van der Waals surface area (Å²) in [7, 11) is 0. The molecule has 0 unspecified atom stereocenters. The van der Waals surface area contributed by atoms with Crippen molar-refractivity contribution < 1.29 is 4.74 Å². The van der Waals surface area contributed by atoms with Crippen molar-refractivity contribution in [2.75, 3.05) is 6.61 Å². The van der Waals surface area contributed by atoms with Crippen molar-refractivity contribution in [1.82, 2.24) is 0 Å². The number of hydrogen-bond donors (Lipinski definition) is 0. The molecule has 0 radical (unpaired) electrons. The third-order valence-corrected chi connectivity index (χ3v) is 3.09.